The van der Waals surface area contributed by atoms with E-state index in [0.29, 0.717) is 32.8 Å². The number of carbonyl (C=O) groups excluding carboxylic acids is 2. The minimum absolute atomic E-state index is 0.0279. The molecule has 9 heteroatoms. The van der Waals surface area contributed by atoms with Crippen LogP contribution in [0.25, 0.3) is 11.0 Å². The van der Waals surface area contributed by atoms with E-state index in [9.17, 15) is 9.59 Å². The van der Waals surface area contributed by atoms with Crippen molar-refractivity contribution < 1.29 is 14.3 Å². The Morgan fingerprint density at radius 2 is 2.04 bits per heavy atom. The van der Waals surface area contributed by atoms with Crippen molar-refractivity contribution in [3.05, 3.63) is 11.9 Å². The highest BCUT2D eigenvalue weighted by molar-refractivity contribution is 5.85. The Hall–Kier alpha value is -2.42. The van der Waals surface area contributed by atoms with Crippen molar-refractivity contribution in [1.82, 2.24) is 29.8 Å². The number of nitrogens with one attached hydrogen (secondary N) is 1. The molecule has 1 fully saturated rings. The van der Waals surface area contributed by atoms with Gasteiger partial charge in [-0.3, -0.25) is 19.0 Å². The van der Waals surface area contributed by atoms with Crippen LogP contribution in [0.1, 0.15) is 19.0 Å². The zero-order valence-corrected chi connectivity index (χ0v) is 14.7. The fourth-order valence-corrected chi connectivity index (χ4v) is 3.02. The molecule has 25 heavy (non-hydrogen) atoms. The average Bonchev–Trinajstić information content (AvgIpc) is 3.19. The molecule has 0 bridgehead atoms. The molecule has 0 aromatic carbocycles. The smallest absolute Gasteiger partial charge is 0.242 e. The second kappa shape index (κ2) is 7.64. The number of fused-ring (bicyclic) bond motifs is 1. The lowest BCUT2D eigenvalue weighted by molar-refractivity contribution is -0.136. The first-order valence-electron chi connectivity index (χ1n) is 8.61. The lowest BCUT2D eigenvalue weighted by Crippen LogP contribution is -2.45. The van der Waals surface area contributed by atoms with Crippen LogP contribution in [0.5, 0.6) is 0 Å². The van der Waals surface area contributed by atoms with Crippen LogP contribution in [0.4, 0.5) is 0 Å². The number of hydrogen-bond acceptors (Lipinski definition) is 5. The van der Waals surface area contributed by atoms with Crippen LogP contribution in [-0.4, -0.2) is 69.1 Å². The Balaban J connectivity index is 1.51. The van der Waals surface area contributed by atoms with Crippen LogP contribution in [0.15, 0.2) is 6.20 Å². The number of amides is 2. The van der Waals surface area contributed by atoms with Crippen LogP contribution in [-0.2, 0) is 27.4 Å². The number of hydrogen-bond donors (Lipinski definition) is 1. The standard InChI is InChI=1S/C16H24N6O3/c1-3-21-13-10-18-22(16(13)12(2)19-21)5-4-14(23)17-11-15(24)20-6-8-25-9-7-20/h10H,3-9,11H2,1-2H3,(H,17,23). The summed E-state index contributed by atoms with van der Waals surface area (Å²) < 4.78 is 8.91. The quantitative estimate of drug-likeness (QED) is 0.788. The SMILES string of the molecule is CCn1nc(C)c2c1cnn2CCC(=O)NCC(=O)N1CCOCC1. The van der Waals surface area contributed by atoms with Gasteiger partial charge in [0.2, 0.25) is 11.8 Å². The molecule has 0 spiro atoms. The molecule has 1 aliphatic rings. The minimum atomic E-state index is -0.161. The summed E-state index contributed by atoms with van der Waals surface area (Å²) in [6, 6.07) is 0. The van der Waals surface area contributed by atoms with Crippen molar-refractivity contribution in [2.75, 3.05) is 32.8 Å². The molecule has 1 saturated heterocycles. The molecular weight excluding hydrogens is 324 g/mol. The second-order valence-electron chi connectivity index (χ2n) is 6.02. The summed E-state index contributed by atoms with van der Waals surface area (Å²) in [7, 11) is 0. The van der Waals surface area contributed by atoms with Crippen molar-refractivity contribution >= 4 is 22.8 Å². The van der Waals surface area contributed by atoms with Crippen molar-refractivity contribution in [3.63, 3.8) is 0 Å². The summed E-state index contributed by atoms with van der Waals surface area (Å²) in [5.74, 6) is -0.232. The number of rotatable bonds is 6. The third kappa shape index (κ3) is 3.81. The van der Waals surface area contributed by atoms with E-state index in [1.807, 2.05) is 18.5 Å². The summed E-state index contributed by atoms with van der Waals surface area (Å²) in [4.78, 5) is 25.8. The van der Waals surface area contributed by atoms with E-state index in [1.165, 1.54) is 0 Å². The van der Waals surface area contributed by atoms with Gasteiger partial charge in [-0.05, 0) is 13.8 Å². The minimum Gasteiger partial charge on any atom is -0.378 e. The fraction of sp³-hybridized carbons (Fsp3) is 0.625. The molecule has 0 aliphatic carbocycles. The molecule has 136 valence electrons. The van der Waals surface area contributed by atoms with Gasteiger partial charge in [0.25, 0.3) is 0 Å². The first-order chi connectivity index (χ1) is 12.1. The Morgan fingerprint density at radius 1 is 1.28 bits per heavy atom. The molecule has 0 saturated carbocycles. The molecule has 0 unspecified atom stereocenters. The normalized spacial score (nSPS) is 14.9. The third-order valence-electron chi connectivity index (χ3n) is 4.36. The summed E-state index contributed by atoms with van der Waals surface area (Å²) in [6.45, 7) is 7.51. The van der Waals surface area contributed by atoms with Gasteiger partial charge in [-0.2, -0.15) is 10.2 Å². The van der Waals surface area contributed by atoms with Crippen LogP contribution in [0, 0.1) is 6.92 Å². The zero-order valence-electron chi connectivity index (χ0n) is 14.7. The van der Waals surface area contributed by atoms with E-state index in [-0.39, 0.29) is 24.8 Å². The molecule has 3 rings (SSSR count). The lowest BCUT2D eigenvalue weighted by atomic mass is 10.3. The van der Waals surface area contributed by atoms with Crippen LogP contribution >= 0.6 is 0 Å². The lowest BCUT2D eigenvalue weighted by Gasteiger charge is -2.26. The Kier molecular flexibility index (Phi) is 5.32. The summed E-state index contributed by atoms with van der Waals surface area (Å²) >= 11 is 0. The maximum atomic E-state index is 12.0. The Bertz CT molecular complexity index is 759. The molecule has 0 radical (unpaired) electrons. The highest BCUT2D eigenvalue weighted by Crippen LogP contribution is 2.17. The molecule has 2 aromatic heterocycles. The number of morpholine rings is 1. The van der Waals surface area contributed by atoms with Gasteiger partial charge < -0.3 is 15.0 Å². The van der Waals surface area contributed by atoms with Crippen molar-refractivity contribution in [1.29, 1.82) is 0 Å². The van der Waals surface area contributed by atoms with Gasteiger partial charge in [-0.15, -0.1) is 0 Å². The average molecular weight is 348 g/mol. The first kappa shape index (κ1) is 17.4. The van der Waals surface area contributed by atoms with E-state index >= 15 is 0 Å². The fourth-order valence-electron chi connectivity index (χ4n) is 3.02. The van der Waals surface area contributed by atoms with E-state index in [2.05, 4.69) is 15.5 Å². The van der Waals surface area contributed by atoms with Gasteiger partial charge >= 0.3 is 0 Å². The van der Waals surface area contributed by atoms with Crippen LogP contribution in [0.2, 0.25) is 0 Å². The van der Waals surface area contributed by atoms with Crippen LogP contribution < -0.4 is 5.32 Å². The highest BCUT2D eigenvalue weighted by Gasteiger charge is 2.18. The van der Waals surface area contributed by atoms with Gasteiger partial charge in [0.15, 0.2) is 0 Å². The molecular formula is C16H24N6O3. The summed E-state index contributed by atoms with van der Waals surface area (Å²) in [5, 5.41) is 11.5. The van der Waals surface area contributed by atoms with Crippen LogP contribution in [0.3, 0.4) is 0 Å². The molecule has 2 amide bonds. The molecule has 2 aromatic rings. The zero-order chi connectivity index (χ0) is 17.8. The van der Waals surface area contributed by atoms with Crippen molar-refractivity contribution in [2.45, 2.75) is 33.4 Å². The maximum Gasteiger partial charge on any atom is 0.242 e. The Labute approximate surface area is 145 Å². The molecule has 3 heterocycles. The Morgan fingerprint density at radius 3 is 2.76 bits per heavy atom. The van der Waals surface area contributed by atoms with E-state index < -0.39 is 0 Å². The van der Waals surface area contributed by atoms with Gasteiger partial charge in [0.1, 0.15) is 11.0 Å². The van der Waals surface area contributed by atoms with E-state index in [4.69, 9.17) is 4.74 Å². The summed E-state index contributed by atoms with van der Waals surface area (Å²) in [6.07, 6.45) is 2.04. The van der Waals surface area contributed by atoms with E-state index in [0.717, 1.165) is 23.3 Å². The predicted molar refractivity (Wildman–Crippen MR) is 91.0 cm³/mol. The molecule has 0 atom stereocenters. The number of ether oxygens (including phenoxy) is 1. The highest BCUT2D eigenvalue weighted by atomic mass is 16.5. The second-order valence-corrected chi connectivity index (χ2v) is 6.02. The topological polar surface area (TPSA) is 94.3 Å². The molecule has 1 N–H and O–H groups in total. The number of carbonyl (C=O) groups is 2. The maximum absolute atomic E-state index is 12.0. The number of nitrogens with zero attached hydrogens (tertiary/aromatic N) is 5. The molecule has 1 aliphatic heterocycles. The monoisotopic (exact) mass is 348 g/mol. The summed E-state index contributed by atoms with van der Waals surface area (Å²) in [5.41, 5.74) is 2.83. The molecule has 9 nitrogen and oxygen atoms in total. The number of aryl methyl sites for hydroxylation is 3. The largest absolute Gasteiger partial charge is 0.378 e. The van der Waals surface area contributed by atoms with Crippen molar-refractivity contribution in [3.8, 4) is 0 Å². The van der Waals surface area contributed by atoms with Gasteiger partial charge in [0, 0.05) is 26.1 Å². The first-order valence-corrected chi connectivity index (χ1v) is 8.61. The van der Waals surface area contributed by atoms with Gasteiger partial charge in [0.05, 0.1) is 38.2 Å². The van der Waals surface area contributed by atoms with E-state index in [1.54, 1.807) is 15.8 Å². The van der Waals surface area contributed by atoms with Gasteiger partial charge in [-0.1, -0.05) is 0 Å². The van der Waals surface area contributed by atoms with Gasteiger partial charge in [-0.25, -0.2) is 0 Å². The van der Waals surface area contributed by atoms with Crippen molar-refractivity contribution in [2.24, 2.45) is 0 Å². The number of aromatic nitrogens is 4. The third-order valence-corrected chi connectivity index (χ3v) is 4.36. The predicted octanol–water partition coefficient (Wildman–Crippen LogP) is -0.0738.